The number of carbonyl (C=O) groups is 6. The van der Waals surface area contributed by atoms with E-state index < -0.39 is 95.3 Å². The zero-order valence-electron chi connectivity index (χ0n) is 73.0. The van der Waals surface area contributed by atoms with Crippen LogP contribution in [0.5, 0.6) is 0 Å². The number of nitrogens with zero attached hydrogens (tertiary/aromatic N) is 6. The molecule has 0 aromatic rings. The zero-order valence-corrected chi connectivity index (χ0v) is 78.7. The van der Waals surface area contributed by atoms with Crippen molar-refractivity contribution in [2.45, 2.75) is 233 Å². The van der Waals surface area contributed by atoms with Crippen molar-refractivity contribution in [3.05, 3.63) is 0 Å². The molecule has 17 fully saturated rings. The summed E-state index contributed by atoms with van der Waals surface area (Å²) < 4.78 is 143. The standard InChI is InChI=1S/2C15H26N2O3S.2C14H24N2O3S.C13H24N2O3S2.C13H22N2O3S/c1-16-14-10-21(19,20)5-4-17(15(14)18)9-13-7-11-2-3-12(6-11)8-13;1-16-14-10-21(19,20)6-5-17(15(14)18)9-13-8-11-3-2-4-12(13)7-11;1-15-13-9-20(18,19)5-4-16(14(13)17)8-12-7-10-2-3-11(12)6-10;1-15-12-9-20(18,19)6-5-16(14(12)17)13-8-10-3-2-4-11(13)7-10;1-14-12-10-20(17,18)8-6-15(13(12)16)9-11-5-3-2-4-7-19-11;1-14-11-9-19(17,18)7-6-15(12(11)16)13-4-2-10(8-13)3-5-13/h2*11-14,16H,2-10H2,1H3;2*10-13,15H,2-9H2,1H3;11-12,14H,2-10H2,1H3;10-11,14H,2-9H2,1H3. The maximum absolute atomic E-state index is 12.6. The van der Waals surface area contributed by atoms with Crippen molar-refractivity contribution in [2.24, 2.45) is 71.0 Å². The van der Waals surface area contributed by atoms with Gasteiger partial charge in [0.15, 0.2) is 59.0 Å². The summed E-state index contributed by atoms with van der Waals surface area (Å²) in [6, 6.07) is -3.15. The lowest BCUT2D eigenvalue weighted by atomic mass is 9.81. The van der Waals surface area contributed by atoms with Crippen molar-refractivity contribution in [1.82, 2.24) is 61.3 Å². The summed E-state index contributed by atoms with van der Waals surface area (Å²) >= 11 is 1.93. The highest BCUT2D eigenvalue weighted by Gasteiger charge is 2.53. The van der Waals surface area contributed by atoms with Crippen molar-refractivity contribution in [1.29, 1.82) is 0 Å². The lowest BCUT2D eigenvalue weighted by Crippen LogP contribution is -2.55. The molecular formula is C84H146N12O18S7. The number of amides is 6. The van der Waals surface area contributed by atoms with Crippen LogP contribution in [-0.2, 0) is 87.8 Å². The predicted molar refractivity (Wildman–Crippen MR) is 473 cm³/mol. The van der Waals surface area contributed by atoms with Crippen LogP contribution in [0, 0.1) is 71.0 Å². The smallest absolute Gasteiger partial charge is 0.241 e. The second-order valence-electron chi connectivity index (χ2n) is 39.3. The number of hydrogen-bond acceptors (Lipinski definition) is 25. The molecule has 17 rings (SSSR count). The van der Waals surface area contributed by atoms with E-state index in [1.54, 1.807) is 57.0 Å². The molecule has 0 spiro atoms. The van der Waals surface area contributed by atoms with Crippen LogP contribution in [-0.4, -0.2) is 351 Å². The molecule has 6 N–H and O–H groups in total. The first-order chi connectivity index (χ1) is 57.4. The molecule has 7 aliphatic heterocycles. The van der Waals surface area contributed by atoms with E-state index in [4.69, 9.17) is 0 Å². The molecule has 7 saturated heterocycles. The summed E-state index contributed by atoms with van der Waals surface area (Å²) in [5.74, 6) is 10.0. The molecule has 30 nitrogen and oxygen atoms in total. The molecule has 6 amide bonds. The fraction of sp³-hybridized carbons (Fsp3) is 0.929. The normalized spacial score (nSPS) is 38.7. The van der Waals surface area contributed by atoms with Crippen LogP contribution < -0.4 is 31.9 Å². The number of sulfone groups is 6. The van der Waals surface area contributed by atoms with Crippen molar-refractivity contribution in [3.63, 3.8) is 0 Å². The van der Waals surface area contributed by atoms with E-state index in [1.165, 1.54) is 148 Å². The summed E-state index contributed by atoms with van der Waals surface area (Å²) in [4.78, 5) is 86.2. The number of likely N-dealkylation sites (N-methyl/N-ethyl adjacent to an activating group) is 6. The highest BCUT2D eigenvalue weighted by Crippen LogP contribution is 2.53. The van der Waals surface area contributed by atoms with Crippen LogP contribution in [0.25, 0.3) is 0 Å². The van der Waals surface area contributed by atoms with E-state index in [0.29, 0.717) is 74.7 Å². The quantitative estimate of drug-likeness (QED) is 0.129. The second-order valence-corrected chi connectivity index (χ2v) is 54.1. The highest BCUT2D eigenvalue weighted by molar-refractivity contribution is 8.00. The van der Waals surface area contributed by atoms with Gasteiger partial charge in [0, 0.05) is 82.3 Å². The van der Waals surface area contributed by atoms with Gasteiger partial charge in [-0.3, -0.25) is 28.8 Å². The minimum Gasteiger partial charge on any atom is -0.340 e. The van der Waals surface area contributed by atoms with Crippen LogP contribution in [0.2, 0.25) is 0 Å². The molecule has 0 aromatic heterocycles. The number of thioether (sulfide) groups is 1. The molecule has 37 heteroatoms. The fourth-order valence-corrected chi connectivity index (χ4v) is 34.6. The van der Waals surface area contributed by atoms with Gasteiger partial charge in [0.2, 0.25) is 35.4 Å². The molecule has 0 aromatic carbocycles. The van der Waals surface area contributed by atoms with Crippen molar-refractivity contribution >= 4 is 106 Å². The van der Waals surface area contributed by atoms with Gasteiger partial charge in [-0.1, -0.05) is 64.2 Å². The van der Waals surface area contributed by atoms with Gasteiger partial charge in [-0.2, -0.15) is 11.8 Å². The Morgan fingerprint density at radius 3 is 1.12 bits per heavy atom. The Bertz CT molecular complexity index is 4270. The van der Waals surface area contributed by atoms with Crippen LogP contribution >= 0.6 is 11.8 Å². The van der Waals surface area contributed by atoms with E-state index >= 15 is 0 Å². The van der Waals surface area contributed by atoms with E-state index in [1.807, 2.05) is 26.5 Å². The lowest BCUT2D eigenvalue weighted by Gasteiger charge is -2.40. The van der Waals surface area contributed by atoms with E-state index in [-0.39, 0.29) is 116 Å². The Labute approximate surface area is 728 Å². The Morgan fingerprint density at radius 1 is 0.322 bits per heavy atom. The van der Waals surface area contributed by atoms with Crippen LogP contribution in [0.4, 0.5) is 0 Å². The average Bonchev–Trinajstić information content (AvgIpc) is 1.60. The van der Waals surface area contributed by atoms with Gasteiger partial charge in [-0.15, -0.1) is 0 Å². The lowest BCUT2D eigenvalue weighted by molar-refractivity contribution is -0.138. The van der Waals surface area contributed by atoms with E-state index in [0.717, 1.165) is 105 Å². The molecule has 7 heterocycles. The monoisotopic (exact) mass is 1830 g/mol. The molecule has 10 saturated carbocycles. The van der Waals surface area contributed by atoms with Crippen molar-refractivity contribution in [2.75, 3.05) is 183 Å². The Hall–Kier alpha value is -3.37. The van der Waals surface area contributed by atoms with Crippen molar-refractivity contribution < 1.29 is 79.3 Å². The van der Waals surface area contributed by atoms with Gasteiger partial charge in [-0.05, 0) is 235 Å². The minimum atomic E-state index is -3.13. The fourth-order valence-electron chi connectivity index (χ4n) is 24.4. The van der Waals surface area contributed by atoms with Crippen LogP contribution in [0.3, 0.4) is 0 Å². The molecule has 0 radical (unpaired) electrons. The summed E-state index contributed by atoms with van der Waals surface area (Å²) in [6.07, 6.45) is 34.7. The number of nitrogens with one attached hydrogen (secondary N) is 6. The number of rotatable bonds is 16. The van der Waals surface area contributed by atoms with Gasteiger partial charge >= 0.3 is 0 Å². The first-order valence-corrected chi connectivity index (χ1v) is 58.0. The van der Waals surface area contributed by atoms with Crippen molar-refractivity contribution in [3.8, 4) is 0 Å². The number of hydrogen-bond donors (Lipinski definition) is 6. The van der Waals surface area contributed by atoms with Gasteiger partial charge in [-0.25, -0.2) is 50.5 Å². The second kappa shape index (κ2) is 42.0. The molecule has 18 atom stereocenters. The summed E-state index contributed by atoms with van der Waals surface area (Å²) in [6.45, 7) is 5.17. The number of carbonyl (C=O) groups excluding carboxylic acids is 6. The topological polar surface area (TPSA) is 399 Å². The zero-order chi connectivity index (χ0) is 87.0. The van der Waals surface area contributed by atoms with Gasteiger partial charge in [0.25, 0.3) is 0 Å². The first kappa shape index (κ1) is 96.7. The molecule has 17 aliphatic rings. The Morgan fingerprint density at radius 2 is 0.694 bits per heavy atom. The van der Waals surface area contributed by atoms with Gasteiger partial charge < -0.3 is 61.3 Å². The third kappa shape index (κ3) is 25.6. The summed E-state index contributed by atoms with van der Waals surface area (Å²) in [7, 11) is -8.72. The third-order valence-electron chi connectivity index (χ3n) is 31.1. The SMILES string of the molecule is CNC1CS(=O)(=O)CCN(C23CCC(CC2)C3)C1=O.CNC1CS(=O)(=O)CCN(C2CC3CCCC2C3)C1=O.CNC1CS(=O)(=O)CCN(CC2CC3CCC(C3)C2)C1=O.CNC1CS(=O)(=O)CCN(CC2CC3CCC2C3)C1=O.CNC1CS(=O)(=O)CCN(CC2CC3CCCC2C3)C1=O.CNC1CS(=O)(=O)CCN(CC2CCCCCS2)C1=O. The minimum absolute atomic E-state index is 0.00822. The maximum atomic E-state index is 12.6. The molecule has 121 heavy (non-hydrogen) atoms. The molecule has 10 aliphatic carbocycles. The van der Waals surface area contributed by atoms with Gasteiger partial charge in [0.1, 0.15) is 36.3 Å². The predicted octanol–water partition coefficient (Wildman–Crippen LogP) is 2.66. The number of fused-ring (bicyclic) bond motifs is 10. The average molecular weight is 1840 g/mol. The first-order valence-electron chi connectivity index (χ1n) is 46.1. The highest BCUT2D eigenvalue weighted by atomic mass is 32.2. The maximum Gasteiger partial charge on any atom is 0.241 e. The summed E-state index contributed by atoms with van der Waals surface area (Å²) in [5, 5.41) is 17.7. The van der Waals surface area contributed by atoms with Crippen LogP contribution in [0.15, 0.2) is 0 Å². The van der Waals surface area contributed by atoms with Crippen LogP contribution in [0.1, 0.15) is 180 Å². The third-order valence-corrected chi connectivity index (χ3v) is 42.4. The molecule has 692 valence electrons. The Balaban J connectivity index is 0.000000133. The van der Waals surface area contributed by atoms with E-state index in [9.17, 15) is 79.3 Å². The Kier molecular flexibility index (Phi) is 33.6. The molecule has 10 bridgehead atoms. The van der Waals surface area contributed by atoms with Gasteiger partial charge in [0.05, 0.1) is 69.0 Å². The van der Waals surface area contributed by atoms with E-state index in [2.05, 4.69) is 31.9 Å². The molecule has 18 unspecified atom stereocenters. The summed E-state index contributed by atoms with van der Waals surface area (Å²) in [5.41, 5.74) is -0.0310. The largest absolute Gasteiger partial charge is 0.340 e. The molecular weight excluding hydrogens is 1690 g/mol.